The molecule has 1 N–H and O–H groups in total. The van der Waals surface area contributed by atoms with Crippen LogP contribution < -0.4 is 0 Å². The lowest BCUT2D eigenvalue weighted by Gasteiger charge is -2.54. The van der Waals surface area contributed by atoms with Crippen LogP contribution in [0.3, 0.4) is 0 Å². The van der Waals surface area contributed by atoms with Gasteiger partial charge in [-0.1, -0.05) is 31.6 Å². The molecule has 3 rings (SSSR count). The smallest absolute Gasteiger partial charge is 0.115 e. The number of phenols is 1. The number of aromatic hydroxyl groups is 1. The first-order chi connectivity index (χ1) is 9.91. The average molecular weight is 285 g/mol. The number of piperidine rings is 1. The van der Waals surface area contributed by atoms with Crippen molar-refractivity contribution in [3.63, 3.8) is 0 Å². The highest BCUT2D eigenvalue weighted by Gasteiger charge is 2.48. The van der Waals surface area contributed by atoms with E-state index in [0.29, 0.717) is 17.7 Å². The second kappa shape index (κ2) is 5.17. The Morgan fingerprint density at radius 2 is 2.19 bits per heavy atom. The molecular formula is C19H27NO. The Bertz CT molecular complexity index is 573. The minimum Gasteiger partial charge on any atom is -0.508 e. The average Bonchev–Trinajstić information content (AvgIpc) is 2.43. The maximum absolute atomic E-state index is 9.87. The van der Waals surface area contributed by atoms with Crippen LogP contribution in [0.25, 0.3) is 0 Å². The van der Waals surface area contributed by atoms with E-state index in [-0.39, 0.29) is 5.41 Å². The Balaban J connectivity index is 1.96. The number of hydrogen-bond acceptors (Lipinski definition) is 2. The van der Waals surface area contributed by atoms with Gasteiger partial charge in [-0.3, -0.25) is 4.90 Å². The third-order valence-corrected chi connectivity index (χ3v) is 5.84. The third kappa shape index (κ3) is 2.40. The topological polar surface area (TPSA) is 23.5 Å². The van der Waals surface area contributed by atoms with Crippen LogP contribution in [0.2, 0.25) is 0 Å². The lowest BCUT2D eigenvalue weighted by atomic mass is 9.59. The van der Waals surface area contributed by atoms with Gasteiger partial charge in [-0.05, 0) is 67.8 Å². The molecular weight excluding hydrogens is 258 g/mol. The van der Waals surface area contributed by atoms with E-state index in [1.165, 1.54) is 23.1 Å². The quantitative estimate of drug-likeness (QED) is 0.834. The third-order valence-electron chi connectivity index (χ3n) is 5.84. The van der Waals surface area contributed by atoms with Crippen molar-refractivity contribution in [3.8, 4) is 5.75 Å². The summed E-state index contributed by atoms with van der Waals surface area (Å²) in [6, 6.07) is 6.60. The predicted molar refractivity (Wildman–Crippen MR) is 87.7 cm³/mol. The number of fused-ring (bicyclic) bond motifs is 4. The minimum atomic E-state index is 0.207. The largest absolute Gasteiger partial charge is 0.508 e. The summed E-state index contributed by atoms with van der Waals surface area (Å²) >= 11 is 0. The molecule has 1 aromatic carbocycles. The second-order valence-electron chi connectivity index (χ2n) is 7.35. The van der Waals surface area contributed by atoms with Crippen LogP contribution in [0, 0.1) is 5.92 Å². The Kier molecular flexibility index (Phi) is 3.61. The number of hydrogen-bond donors (Lipinski definition) is 1. The van der Waals surface area contributed by atoms with Crippen molar-refractivity contribution in [2.75, 3.05) is 13.1 Å². The summed E-state index contributed by atoms with van der Waals surface area (Å²) in [6.45, 7) is 11.4. The standard InChI is InChI=1S/C19H27NO/c1-13(2)7-9-20-10-8-19(4)14(3)18(20)11-15-5-6-16(21)12-17(15)19/h5-7,12,14,18,21H,8-11H2,1-4H3/t14-,18?,19-/m1/s1. The lowest BCUT2D eigenvalue weighted by Crippen LogP contribution is -2.57. The zero-order valence-electron chi connectivity index (χ0n) is 13.7. The number of nitrogens with zero attached hydrogens (tertiary/aromatic N) is 1. The van der Waals surface area contributed by atoms with Gasteiger partial charge in [0.25, 0.3) is 0 Å². The Morgan fingerprint density at radius 3 is 2.90 bits per heavy atom. The summed E-state index contributed by atoms with van der Waals surface area (Å²) in [5.41, 5.74) is 4.42. The highest BCUT2D eigenvalue weighted by molar-refractivity contribution is 5.44. The highest BCUT2D eigenvalue weighted by atomic mass is 16.3. The van der Waals surface area contributed by atoms with Gasteiger partial charge in [-0.15, -0.1) is 0 Å². The monoisotopic (exact) mass is 285 g/mol. The molecule has 0 aromatic heterocycles. The van der Waals surface area contributed by atoms with Gasteiger partial charge in [0.2, 0.25) is 0 Å². The van der Waals surface area contributed by atoms with Gasteiger partial charge in [0.15, 0.2) is 0 Å². The van der Waals surface area contributed by atoms with Crippen LogP contribution in [-0.2, 0) is 11.8 Å². The summed E-state index contributed by atoms with van der Waals surface area (Å²) in [5, 5.41) is 9.87. The van der Waals surface area contributed by atoms with E-state index in [2.05, 4.69) is 44.7 Å². The Labute approximate surface area is 128 Å². The number of allylic oxidation sites excluding steroid dienone is 1. The predicted octanol–water partition coefficient (Wildman–Crippen LogP) is 3.88. The molecule has 1 fully saturated rings. The second-order valence-corrected chi connectivity index (χ2v) is 7.35. The van der Waals surface area contributed by atoms with Crippen molar-refractivity contribution >= 4 is 0 Å². The first-order valence-corrected chi connectivity index (χ1v) is 8.11. The van der Waals surface area contributed by atoms with Crippen molar-refractivity contribution < 1.29 is 5.11 Å². The molecule has 1 aromatic rings. The number of likely N-dealkylation sites (tertiary alicyclic amines) is 1. The Hall–Kier alpha value is -1.28. The van der Waals surface area contributed by atoms with Gasteiger partial charge in [0, 0.05) is 12.6 Å². The fourth-order valence-electron chi connectivity index (χ4n) is 4.22. The molecule has 0 saturated carbocycles. The van der Waals surface area contributed by atoms with E-state index in [1.54, 1.807) is 0 Å². The lowest BCUT2D eigenvalue weighted by molar-refractivity contribution is 0.0397. The first-order valence-electron chi connectivity index (χ1n) is 8.11. The normalized spacial score (nSPS) is 31.6. The van der Waals surface area contributed by atoms with Gasteiger partial charge in [-0.2, -0.15) is 0 Å². The van der Waals surface area contributed by atoms with Crippen LogP contribution in [0.1, 0.15) is 45.2 Å². The zero-order chi connectivity index (χ0) is 15.2. The number of benzene rings is 1. The van der Waals surface area contributed by atoms with Gasteiger partial charge >= 0.3 is 0 Å². The molecule has 1 heterocycles. The van der Waals surface area contributed by atoms with Crippen molar-refractivity contribution in [2.24, 2.45) is 5.92 Å². The van der Waals surface area contributed by atoms with Crippen LogP contribution in [0.5, 0.6) is 5.75 Å². The molecule has 3 atom stereocenters. The van der Waals surface area contributed by atoms with E-state index in [9.17, 15) is 5.11 Å². The molecule has 0 spiro atoms. The maximum Gasteiger partial charge on any atom is 0.115 e. The van der Waals surface area contributed by atoms with Crippen molar-refractivity contribution in [1.82, 2.24) is 4.90 Å². The van der Waals surface area contributed by atoms with Gasteiger partial charge in [0.1, 0.15) is 5.75 Å². The molecule has 2 bridgehead atoms. The molecule has 2 nitrogen and oxygen atoms in total. The van der Waals surface area contributed by atoms with E-state index in [1.807, 2.05) is 12.1 Å². The minimum absolute atomic E-state index is 0.207. The summed E-state index contributed by atoms with van der Waals surface area (Å²) in [6.07, 6.45) is 4.64. The SMILES string of the molecule is CC(C)=CCN1CC[C@@]2(C)c3cc(O)ccc3CC1[C@H]2C. The molecule has 1 aliphatic heterocycles. The van der Waals surface area contributed by atoms with E-state index >= 15 is 0 Å². The number of rotatable bonds is 2. The van der Waals surface area contributed by atoms with Crippen LogP contribution in [0.4, 0.5) is 0 Å². The fourth-order valence-corrected chi connectivity index (χ4v) is 4.22. The maximum atomic E-state index is 9.87. The van der Waals surface area contributed by atoms with E-state index in [0.717, 1.165) is 19.5 Å². The molecule has 0 radical (unpaired) electrons. The Morgan fingerprint density at radius 1 is 1.43 bits per heavy atom. The van der Waals surface area contributed by atoms with Crippen molar-refractivity contribution in [2.45, 2.75) is 52.0 Å². The molecule has 1 unspecified atom stereocenters. The van der Waals surface area contributed by atoms with Gasteiger partial charge < -0.3 is 5.11 Å². The molecule has 0 amide bonds. The molecule has 2 aliphatic rings. The molecule has 114 valence electrons. The number of phenolic OH excluding ortho intramolecular Hbond substituents is 1. The first kappa shape index (κ1) is 14.6. The van der Waals surface area contributed by atoms with Crippen molar-refractivity contribution in [1.29, 1.82) is 0 Å². The van der Waals surface area contributed by atoms with Gasteiger partial charge in [0.05, 0.1) is 0 Å². The van der Waals surface area contributed by atoms with Crippen LogP contribution in [-0.4, -0.2) is 29.1 Å². The molecule has 1 saturated heterocycles. The molecule has 21 heavy (non-hydrogen) atoms. The van der Waals surface area contributed by atoms with E-state index in [4.69, 9.17) is 0 Å². The molecule has 2 heteroatoms. The van der Waals surface area contributed by atoms with Crippen LogP contribution in [0.15, 0.2) is 29.8 Å². The summed E-state index contributed by atoms with van der Waals surface area (Å²) < 4.78 is 0. The summed E-state index contributed by atoms with van der Waals surface area (Å²) in [7, 11) is 0. The van der Waals surface area contributed by atoms with Gasteiger partial charge in [-0.25, -0.2) is 0 Å². The fraction of sp³-hybridized carbons (Fsp3) is 0.579. The highest BCUT2D eigenvalue weighted by Crippen LogP contribution is 2.49. The van der Waals surface area contributed by atoms with Crippen molar-refractivity contribution in [3.05, 3.63) is 41.0 Å². The zero-order valence-corrected chi connectivity index (χ0v) is 13.7. The summed E-state index contributed by atoms with van der Waals surface area (Å²) in [5.74, 6) is 1.04. The van der Waals surface area contributed by atoms with E-state index < -0.39 is 0 Å². The molecule has 1 aliphatic carbocycles. The summed E-state index contributed by atoms with van der Waals surface area (Å²) in [4.78, 5) is 2.65. The van der Waals surface area contributed by atoms with Crippen LogP contribution >= 0.6 is 0 Å².